The molecular weight excluding hydrogens is 288 g/mol. The summed E-state index contributed by atoms with van der Waals surface area (Å²) in [5.74, 6) is 0. The Morgan fingerprint density at radius 3 is 2.65 bits per heavy atom. The normalized spacial score (nSPS) is 21.4. The van der Waals surface area contributed by atoms with E-state index in [-0.39, 0.29) is 6.04 Å². The first-order valence-corrected chi connectivity index (χ1v) is 6.33. The molecule has 1 unspecified atom stereocenters. The Morgan fingerprint density at radius 2 is 2.18 bits per heavy atom. The lowest BCUT2D eigenvalue weighted by molar-refractivity contribution is -0.106. The highest BCUT2D eigenvalue weighted by Gasteiger charge is 2.41. The van der Waals surface area contributed by atoms with Gasteiger partial charge in [0.1, 0.15) is 0 Å². The molecule has 1 aliphatic heterocycles. The zero-order valence-electron chi connectivity index (χ0n) is 10.0. The molecule has 1 atom stereocenters. The average Bonchev–Trinajstić information content (AvgIpc) is 2.69. The van der Waals surface area contributed by atoms with Crippen LogP contribution < -0.4 is 5.73 Å². The summed E-state index contributed by atoms with van der Waals surface area (Å²) in [6.07, 6.45) is 1.56. The van der Waals surface area contributed by atoms with Crippen LogP contribution in [0, 0.1) is 0 Å². The van der Waals surface area contributed by atoms with Gasteiger partial charge in [0.2, 0.25) is 0 Å². The van der Waals surface area contributed by atoms with Crippen LogP contribution in [0.15, 0.2) is 4.60 Å². The van der Waals surface area contributed by atoms with Crippen molar-refractivity contribution in [3.63, 3.8) is 0 Å². The number of aryl methyl sites for hydroxylation is 1. The molecule has 0 saturated carbocycles. The van der Waals surface area contributed by atoms with E-state index in [2.05, 4.69) is 26.2 Å². The van der Waals surface area contributed by atoms with Gasteiger partial charge in [-0.25, -0.2) is 4.68 Å². The maximum Gasteiger partial charge on any atom is 0.153 e. The molecule has 0 aliphatic carbocycles. The summed E-state index contributed by atoms with van der Waals surface area (Å²) in [5, 5.41) is 7.91. The molecule has 1 saturated heterocycles. The van der Waals surface area contributed by atoms with E-state index in [0.717, 1.165) is 18.5 Å². The second-order valence-corrected chi connectivity index (χ2v) is 5.00. The summed E-state index contributed by atoms with van der Waals surface area (Å²) in [5.41, 5.74) is 6.81. The first-order valence-electron chi connectivity index (χ1n) is 5.54. The summed E-state index contributed by atoms with van der Waals surface area (Å²) in [6, 6.07) is -0.272. The molecule has 1 aromatic rings. The molecule has 1 aliphatic rings. The Balaban J connectivity index is 2.31. The van der Waals surface area contributed by atoms with E-state index in [1.807, 2.05) is 7.05 Å². The highest BCUT2D eigenvalue weighted by Crippen LogP contribution is 2.37. The summed E-state index contributed by atoms with van der Waals surface area (Å²) >= 11 is 3.38. The van der Waals surface area contributed by atoms with Gasteiger partial charge >= 0.3 is 0 Å². The van der Waals surface area contributed by atoms with E-state index in [4.69, 9.17) is 15.2 Å². The molecular formula is C10H17BrN4O2. The van der Waals surface area contributed by atoms with Crippen LogP contribution in [0.1, 0.15) is 24.6 Å². The standard InChI is InChI=1S/C10H17BrN4O2/c1-15-7(9(11)13-14-15)8(12)10(16-2)3-5-17-6-4-10/h8H,3-6,12H2,1-2H3. The van der Waals surface area contributed by atoms with Crippen LogP contribution in [0.25, 0.3) is 0 Å². The molecule has 0 aromatic carbocycles. The predicted octanol–water partition coefficient (Wildman–Crippen LogP) is 0.773. The van der Waals surface area contributed by atoms with E-state index >= 15 is 0 Å². The molecule has 96 valence electrons. The van der Waals surface area contributed by atoms with E-state index < -0.39 is 5.60 Å². The van der Waals surface area contributed by atoms with Crippen molar-refractivity contribution >= 4 is 15.9 Å². The second-order valence-electron chi connectivity index (χ2n) is 4.25. The quantitative estimate of drug-likeness (QED) is 0.893. The van der Waals surface area contributed by atoms with Crippen LogP contribution in [0.2, 0.25) is 0 Å². The summed E-state index contributed by atoms with van der Waals surface area (Å²) in [6.45, 7) is 1.34. The summed E-state index contributed by atoms with van der Waals surface area (Å²) in [7, 11) is 3.53. The van der Waals surface area contributed by atoms with Gasteiger partial charge in [-0.15, -0.1) is 5.10 Å². The molecule has 2 heterocycles. The lowest BCUT2D eigenvalue weighted by Gasteiger charge is -2.40. The molecule has 1 fully saturated rings. The highest BCUT2D eigenvalue weighted by molar-refractivity contribution is 9.10. The van der Waals surface area contributed by atoms with Gasteiger partial charge in [-0.2, -0.15) is 0 Å². The van der Waals surface area contributed by atoms with Gasteiger partial charge in [0.05, 0.1) is 17.3 Å². The Bertz CT molecular complexity index is 370. The number of hydrogen-bond acceptors (Lipinski definition) is 5. The van der Waals surface area contributed by atoms with Gasteiger partial charge in [0.25, 0.3) is 0 Å². The van der Waals surface area contributed by atoms with Crippen molar-refractivity contribution in [2.45, 2.75) is 24.5 Å². The monoisotopic (exact) mass is 304 g/mol. The van der Waals surface area contributed by atoms with Crippen LogP contribution in [-0.2, 0) is 16.5 Å². The van der Waals surface area contributed by atoms with Gasteiger partial charge in [0, 0.05) is 40.2 Å². The van der Waals surface area contributed by atoms with Crippen molar-refractivity contribution in [3.05, 3.63) is 10.3 Å². The molecule has 17 heavy (non-hydrogen) atoms. The SMILES string of the molecule is COC1(C(N)c2c(Br)nnn2C)CCOCC1. The zero-order valence-corrected chi connectivity index (χ0v) is 11.6. The Kier molecular flexibility index (Phi) is 3.82. The van der Waals surface area contributed by atoms with Gasteiger partial charge in [-0.1, -0.05) is 5.21 Å². The fraction of sp³-hybridized carbons (Fsp3) is 0.800. The first-order chi connectivity index (χ1) is 8.10. The van der Waals surface area contributed by atoms with Gasteiger partial charge in [0.15, 0.2) is 4.60 Å². The molecule has 0 radical (unpaired) electrons. The molecule has 6 nitrogen and oxygen atoms in total. The van der Waals surface area contributed by atoms with Crippen LogP contribution in [0.4, 0.5) is 0 Å². The van der Waals surface area contributed by atoms with Crippen LogP contribution in [-0.4, -0.2) is 40.9 Å². The minimum atomic E-state index is -0.393. The molecule has 7 heteroatoms. The molecule has 0 bridgehead atoms. The molecule has 1 aromatic heterocycles. The van der Waals surface area contributed by atoms with Gasteiger partial charge in [-0.3, -0.25) is 0 Å². The summed E-state index contributed by atoms with van der Waals surface area (Å²) in [4.78, 5) is 0. The van der Waals surface area contributed by atoms with Crippen molar-refractivity contribution in [3.8, 4) is 0 Å². The molecule has 2 rings (SSSR count). The average molecular weight is 305 g/mol. The Morgan fingerprint density at radius 1 is 1.53 bits per heavy atom. The number of aromatic nitrogens is 3. The first kappa shape index (κ1) is 12.9. The lowest BCUT2D eigenvalue weighted by atomic mass is 9.85. The molecule has 2 N–H and O–H groups in total. The number of hydrogen-bond donors (Lipinski definition) is 1. The second kappa shape index (κ2) is 5.01. The van der Waals surface area contributed by atoms with Crippen molar-refractivity contribution in [1.82, 2.24) is 15.0 Å². The smallest absolute Gasteiger partial charge is 0.153 e. The maximum absolute atomic E-state index is 6.35. The maximum atomic E-state index is 6.35. The third-order valence-corrected chi connectivity index (χ3v) is 4.00. The van der Waals surface area contributed by atoms with E-state index in [1.165, 1.54) is 0 Å². The number of nitrogens with two attached hydrogens (primary N) is 1. The van der Waals surface area contributed by atoms with E-state index in [9.17, 15) is 0 Å². The van der Waals surface area contributed by atoms with Gasteiger partial charge in [-0.05, 0) is 15.9 Å². The predicted molar refractivity (Wildman–Crippen MR) is 65.4 cm³/mol. The van der Waals surface area contributed by atoms with Crippen molar-refractivity contribution in [2.24, 2.45) is 12.8 Å². The Hall–Kier alpha value is -0.500. The third kappa shape index (κ3) is 2.24. The van der Waals surface area contributed by atoms with Crippen molar-refractivity contribution in [1.29, 1.82) is 0 Å². The topological polar surface area (TPSA) is 75.2 Å². The van der Waals surface area contributed by atoms with E-state index in [1.54, 1.807) is 11.8 Å². The van der Waals surface area contributed by atoms with E-state index in [0.29, 0.717) is 17.8 Å². The number of methoxy groups -OCH3 is 1. The minimum Gasteiger partial charge on any atom is -0.381 e. The van der Waals surface area contributed by atoms with Crippen LogP contribution >= 0.6 is 15.9 Å². The van der Waals surface area contributed by atoms with Gasteiger partial charge < -0.3 is 15.2 Å². The van der Waals surface area contributed by atoms with Crippen LogP contribution in [0.3, 0.4) is 0 Å². The Labute approximate surface area is 109 Å². The number of rotatable bonds is 3. The van der Waals surface area contributed by atoms with Crippen molar-refractivity contribution < 1.29 is 9.47 Å². The fourth-order valence-electron chi connectivity index (χ4n) is 2.28. The zero-order chi connectivity index (χ0) is 12.5. The largest absolute Gasteiger partial charge is 0.381 e. The number of ether oxygens (including phenoxy) is 2. The molecule has 0 spiro atoms. The lowest BCUT2D eigenvalue weighted by Crippen LogP contribution is -2.48. The number of halogens is 1. The fourth-order valence-corrected chi connectivity index (χ4v) is 2.85. The minimum absolute atomic E-state index is 0.272. The number of nitrogens with zero attached hydrogens (tertiary/aromatic N) is 3. The van der Waals surface area contributed by atoms with Crippen molar-refractivity contribution in [2.75, 3.05) is 20.3 Å². The van der Waals surface area contributed by atoms with Crippen LogP contribution in [0.5, 0.6) is 0 Å². The third-order valence-electron chi connectivity index (χ3n) is 3.43. The molecule has 0 amide bonds. The highest BCUT2D eigenvalue weighted by atomic mass is 79.9. The summed E-state index contributed by atoms with van der Waals surface area (Å²) < 4.78 is 13.4.